The second-order valence-corrected chi connectivity index (χ2v) is 15.8. The summed E-state index contributed by atoms with van der Waals surface area (Å²) in [6.45, 7) is 0. The van der Waals surface area contributed by atoms with Crippen molar-refractivity contribution in [1.29, 1.82) is 0 Å². The van der Waals surface area contributed by atoms with Gasteiger partial charge in [-0.05, 0) is 72.8 Å². The van der Waals surface area contributed by atoms with Gasteiger partial charge < -0.3 is 29.1 Å². The molecule has 58 heavy (non-hydrogen) atoms. The summed E-state index contributed by atoms with van der Waals surface area (Å²) < 4.78 is 20.8. The van der Waals surface area contributed by atoms with Crippen LogP contribution >= 0.6 is 11.8 Å². The van der Waals surface area contributed by atoms with E-state index < -0.39 is 11.8 Å². The normalized spacial score (nSPS) is 21.1. The number of para-hydroxylation sites is 4. The summed E-state index contributed by atoms with van der Waals surface area (Å²) in [6, 6.07) is 47.4. The molecule has 0 aliphatic carbocycles. The number of hydrogen-bond donors (Lipinski definition) is 2. The lowest BCUT2D eigenvalue weighted by Gasteiger charge is -2.53. The molecular weight excluding hydrogens is 739 g/mol. The maximum atomic E-state index is 7.37. The number of aromatic nitrogens is 2. The maximum absolute atomic E-state index is 7.37. The number of aromatic amines is 2. The summed E-state index contributed by atoms with van der Waals surface area (Å²) in [5.74, 6) is 4.96. The number of rotatable bonds is 6. The van der Waals surface area contributed by atoms with Crippen molar-refractivity contribution in [3.8, 4) is 28.7 Å². The Morgan fingerprint density at radius 2 is 1.34 bits per heavy atom. The highest BCUT2D eigenvalue weighted by atomic mass is 32.2. The molecule has 7 heterocycles. The summed E-state index contributed by atoms with van der Waals surface area (Å²) in [4.78, 5) is 19.7. The molecule has 0 saturated carbocycles. The average Bonchev–Trinajstić information content (AvgIpc) is 4.12. The van der Waals surface area contributed by atoms with Crippen LogP contribution in [-0.4, -0.2) is 33.2 Å². The average molecular weight is 774 g/mol. The maximum Gasteiger partial charge on any atom is 0.202 e. The molecule has 9 heteroatoms. The number of nitrogens with zero attached hydrogens (tertiary/aromatic N) is 3. The van der Waals surface area contributed by atoms with Gasteiger partial charge in [-0.1, -0.05) is 103 Å². The number of anilines is 1. The zero-order valence-corrected chi connectivity index (χ0v) is 31.8. The first-order valence-corrected chi connectivity index (χ1v) is 20.3. The van der Waals surface area contributed by atoms with E-state index in [1.165, 1.54) is 0 Å². The van der Waals surface area contributed by atoms with Crippen LogP contribution in [0.2, 0.25) is 0 Å². The van der Waals surface area contributed by atoms with Crippen molar-refractivity contribution in [2.24, 2.45) is 4.99 Å². The summed E-state index contributed by atoms with van der Waals surface area (Å²) in [7, 11) is 0. The molecule has 2 aromatic heterocycles. The number of H-pyrrole nitrogens is 2. The van der Waals surface area contributed by atoms with Crippen molar-refractivity contribution in [1.82, 2.24) is 14.9 Å². The Morgan fingerprint density at radius 1 is 0.638 bits per heavy atom. The van der Waals surface area contributed by atoms with Crippen LogP contribution in [0.25, 0.3) is 11.8 Å². The fourth-order valence-corrected chi connectivity index (χ4v) is 10.3. The number of hydrogen-bond acceptors (Lipinski definition) is 7. The zero-order valence-electron chi connectivity index (χ0n) is 31.0. The SMILES string of the molecule is C1=CC(C2=C(c3cccc4c3Sc3ccccc3O4)N(C3c4ccccc4Oc4ccccc43)C(c3ccc[nH]3)(C3C=Cc4ccccc4O3)N2c2ccc[nH]2)N=C1. The van der Waals surface area contributed by atoms with Crippen LogP contribution in [0.1, 0.15) is 34.0 Å². The third kappa shape index (κ3) is 4.80. The molecule has 2 N–H and O–H groups in total. The Balaban J connectivity index is 1.24. The monoisotopic (exact) mass is 773 g/mol. The van der Waals surface area contributed by atoms with Crippen molar-refractivity contribution < 1.29 is 14.2 Å². The highest BCUT2D eigenvalue weighted by molar-refractivity contribution is 7.99. The minimum atomic E-state index is -1.11. The highest BCUT2D eigenvalue weighted by Gasteiger charge is 2.64. The van der Waals surface area contributed by atoms with Gasteiger partial charge in [-0.2, -0.15) is 0 Å². The lowest BCUT2D eigenvalue weighted by atomic mass is 9.85. The number of aliphatic imine (C=N–C) groups is 1. The summed E-state index contributed by atoms with van der Waals surface area (Å²) in [5.41, 5.74) is 5.94. The van der Waals surface area contributed by atoms with Gasteiger partial charge in [0.05, 0.1) is 32.9 Å². The Morgan fingerprint density at radius 3 is 2.10 bits per heavy atom. The van der Waals surface area contributed by atoms with E-state index >= 15 is 0 Å². The van der Waals surface area contributed by atoms with Gasteiger partial charge in [-0.25, -0.2) is 0 Å². The minimum Gasteiger partial charge on any atom is -0.481 e. The summed E-state index contributed by atoms with van der Waals surface area (Å²) in [6.07, 6.45) is 14.0. The van der Waals surface area contributed by atoms with Crippen molar-refractivity contribution in [2.75, 3.05) is 4.90 Å². The predicted molar refractivity (Wildman–Crippen MR) is 228 cm³/mol. The number of allylic oxidation sites excluding steroid dienone is 1. The second kappa shape index (κ2) is 13.0. The van der Waals surface area contributed by atoms with E-state index in [2.05, 4.69) is 147 Å². The lowest BCUT2D eigenvalue weighted by molar-refractivity contribution is 0.0285. The molecule has 3 unspecified atom stereocenters. The van der Waals surface area contributed by atoms with Crippen LogP contribution in [0, 0.1) is 0 Å². The molecule has 0 bridgehead atoms. The van der Waals surface area contributed by atoms with E-state index in [1.807, 2.05) is 55.0 Å². The van der Waals surface area contributed by atoms with Crippen LogP contribution in [0.5, 0.6) is 28.7 Å². The van der Waals surface area contributed by atoms with Crippen molar-refractivity contribution in [2.45, 2.75) is 33.6 Å². The van der Waals surface area contributed by atoms with Gasteiger partial charge in [-0.3, -0.25) is 9.89 Å². The zero-order chi connectivity index (χ0) is 38.2. The third-order valence-corrected chi connectivity index (χ3v) is 12.8. The summed E-state index contributed by atoms with van der Waals surface area (Å²) >= 11 is 1.74. The highest BCUT2D eigenvalue weighted by Crippen LogP contribution is 2.63. The Kier molecular flexibility index (Phi) is 7.40. The van der Waals surface area contributed by atoms with Gasteiger partial charge in [-0.15, -0.1) is 0 Å². The predicted octanol–water partition coefficient (Wildman–Crippen LogP) is 11.3. The molecule has 7 aromatic rings. The quantitative estimate of drug-likeness (QED) is 0.175. The van der Waals surface area contributed by atoms with E-state index in [0.29, 0.717) is 0 Å². The first-order valence-electron chi connectivity index (χ1n) is 19.5. The molecule has 5 aliphatic rings. The van der Waals surface area contributed by atoms with Crippen LogP contribution in [0.3, 0.4) is 0 Å². The van der Waals surface area contributed by atoms with Gasteiger partial charge in [0.2, 0.25) is 5.66 Å². The molecule has 12 rings (SSSR count). The molecule has 0 spiro atoms. The van der Waals surface area contributed by atoms with Crippen molar-refractivity contribution in [3.63, 3.8) is 0 Å². The lowest BCUT2D eigenvalue weighted by Crippen LogP contribution is -2.62. The number of ether oxygens (including phenoxy) is 3. The van der Waals surface area contributed by atoms with E-state index in [9.17, 15) is 0 Å². The van der Waals surface area contributed by atoms with E-state index in [-0.39, 0.29) is 12.1 Å². The largest absolute Gasteiger partial charge is 0.481 e. The molecule has 5 aromatic carbocycles. The number of nitrogens with one attached hydrogen (secondary N) is 2. The van der Waals surface area contributed by atoms with Crippen LogP contribution in [-0.2, 0) is 5.66 Å². The Bertz CT molecular complexity index is 2800. The molecule has 8 nitrogen and oxygen atoms in total. The summed E-state index contributed by atoms with van der Waals surface area (Å²) in [5, 5.41) is 0. The fraction of sp³-hybridized carbons (Fsp3) is 0.0816. The molecule has 280 valence electrons. The first-order chi connectivity index (χ1) is 28.8. The number of benzene rings is 5. The number of fused-ring (bicyclic) bond motifs is 5. The molecule has 0 amide bonds. The van der Waals surface area contributed by atoms with Crippen molar-refractivity contribution in [3.05, 3.63) is 204 Å². The minimum absolute atomic E-state index is 0.347. The fourth-order valence-electron chi connectivity index (χ4n) is 9.27. The smallest absolute Gasteiger partial charge is 0.202 e. The van der Waals surface area contributed by atoms with Crippen LogP contribution < -0.4 is 19.1 Å². The Hall–Kier alpha value is -7.10. The van der Waals surface area contributed by atoms with E-state index in [1.54, 1.807) is 11.8 Å². The second-order valence-electron chi connectivity index (χ2n) is 14.7. The van der Waals surface area contributed by atoms with Crippen LogP contribution in [0.4, 0.5) is 5.82 Å². The topological polar surface area (TPSA) is 78.1 Å². The van der Waals surface area contributed by atoms with Crippen molar-refractivity contribution >= 4 is 35.6 Å². The molecule has 3 atom stereocenters. The molecule has 5 aliphatic heterocycles. The van der Waals surface area contributed by atoms with Gasteiger partial charge in [0.1, 0.15) is 40.6 Å². The van der Waals surface area contributed by atoms with E-state index in [4.69, 9.17) is 19.2 Å². The van der Waals surface area contributed by atoms with E-state index in [0.717, 1.165) is 83.7 Å². The van der Waals surface area contributed by atoms with Gasteiger partial charge >= 0.3 is 0 Å². The van der Waals surface area contributed by atoms with Crippen LogP contribution in [0.15, 0.2) is 191 Å². The third-order valence-electron chi connectivity index (χ3n) is 11.6. The van der Waals surface area contributed by atoms with Gasteiger partial charge in [0.15, 0.2) is 6.10 Å². The Labute approximate surface area is 339 Å². The first kappa shape index (κ1) is 33.1. The molecule has 0 saturated heterocycles. The molecular formula is C49H35N5O3S. The standard InChI is InChI=1S/C49H35N5O3S/c1-4-18-36-31(13-1)26-27-43(57-36)49(42-24-11-29-51-42)53(44-25-12-30-52-44)47(35-17-10-28-50-35)46(34-16-9-22-40-48(34)58-41-23-8-7-21-39(41)56-40)54(49)45-32-14-2-5-19-37(32)55-38-20-6-3-15-33(38)45/h1-30,35,43,45,51-52H. The molecule has 0 fully saturated rings. The van der Waals surface area contributed by atoms with Gasteiger partial charge in [0, 0.05) is 40.9 Å². The molecule has 0 radical (unpaired) electrons. The van der Waals surface area contributed by atoms with Gasteiger partial charge in [0.25, 0.3) is 0 Å².